The van der Waals surface area contributed by atoms with Crippen LogP contribution in [0.15, 0.2) is 51.8 Å². The zero-order valence-corrected chi connectivity index (χ0v) is 15.1. The van der Waals surface area contributed by atoms with Crippen LogP contribution in [0.5, 0.6) is 5.75 Å². The number of methoxy groups -OCH3 is 1. The number of halogens is 3. The average Bonchev–Trinajstić information content (AvgIpc) is 2.55. The number of sulfonamides is 1. The molecule has 0 aromatic heterocycles. The minimum absolute atomic E-state index is 0.193. The Morgan fingerprint density at radius 1 is 1.20 bits per heavy atom. The van der Waals surface area contributed by atoms with Crippen LogP contribution in [0.1, 0.15) is 10.4 Å². The molecule has 0 saturated heterocycles. The van der Waals surface area contributed by atoms with E-state index < -0.39 is 22.6 Å². The van der Waals surface area contributed by atoms with Crippen LogP contribution in [0.25, 0.3) is 0 Å². The van der Waals surface area contributed by atoms with Gasteiger partial charge in [-0.05, 0) is 30.3 Å². The van der Waals surface area contributed by atoms with Crippen molar-refractivity contribution < 1.29 is 31.5 Å². The van der Waals surface area contributed by atoms with Crippen molar-refractivity contribution in [3.05, 3.63) is 52.5 Å². The minimum atomic E-state index is -4.27. The summed E-state index contributed by atoms with van der Waals surface area (Å²) >= 11 is 3.14. The van der Waals surface area contributed by atoms with E-state index in [0.29, 0.717) is 4.47 Å². The van der Waals surface area contributed by atoms with Crippen LogP contribution < -0.4 is 9.46 Å². The van der Waals surface area contributed by atoms with Gasteiger partial charge in [0.2, 0.25) is 0 Å². The molecule has 25 heavy (non-hydrogen) atoms. The van der Waals surface area contributed by atoms with Gasteiger partial charge in [-0.15, -0.1) is 0 Å². The number of anilines is 1. The van der Waals surface area contributed by atoms with Crippen molar-refractivity contribution in [3.8, 4) is 5.75 Å². The molecule has 0 saturated carbocycles. The lowest BCUT2D eigenvalue weighted by Crippen LogP contribution is -2.18. The monoisotopic (exact) mass is 435 g/mol. The second-order valence-corrected chi connectivity index (χ2v) is 7.18. The third-order valence-corrected chi connectivity index (χ3v) is 4.90. The molecule has 1 N–H and O–H groups in total. The van der Waals surface area contributed by atoms with Gasteiger partial charge in [0.25, 0.3) is 10.0 Å². The van der Waals surface area contributed by atoms with E-state index in [9.17, 15) is 22.0 Å². The fraction of sp³-hybridized carbons (Fsp3) is 0.133. The fourth-order valence-corrected chi connectivity index (χ4v) is 3.56. The van der Waals surface area contributed by atoms with E-state index in [4.69, 9.17) is 0 Å². The van der Waals surface area contributed by atoms with Crippen LogP contribution >= 0.6 is 15.9 Å². The van der Waals surface area contributed by atoms with Gasteiger partial charge >= 0.3 is 12.6 Å². The number of alkyl halides is 2. The maximum absolute atomic E-state index is 12.6. The number of ether oxygens (including phenoxy) is 2. The van der Waals surface area contributed by atoms with Crippen LogP contribution in [0.4, 0.5) is 14.5 Å². The molecule has 2 aromatic rings. The molecule has 0 unspecified atom stereocenters. The molecular weight excluding hydrogens is 424 g/mol. The number of benzene rings is 2. The summed E-state index contributed by atoms with van der Waals surface area (Å²) in [5, 5.41) is 0. The lowest BCUT2D eigenvalue weighted by Gasteiger charge is -2.14. The zero-order chi connectivity index (χ0) is 18.6. The minimum Gasteiger partial charge on any atom is -0.465 e. The Morgan fingerprint density at radius 3 is 2.52 bits per heavy atom. The number of nitrogens with one attached hydrogen (secondary N) is 1. The van der Waals surface area contributed by atoms with E-state index in [1.807, 2.05) is 0 Å². The summed E-state index contributed by atoms with van der Waals surface area (Å²) in [5.74, 6) is -1.21. The van der Waals surface area contributed by atoms with Crippen molar-refractivity contribution in [1.82, 2.24) is 0 Å². The largest absolute Gasteiger partial charge is 0.465 e. The van der Waals surface area contributed by atoms with Crippen molar-refractivity contribution in [1.29, 1.82) is 0 Å². The molecule has 134 valence electrons. The Bertz CT molecular complexity index is 889. The Labute approximate surface area is 150 Å². The van der Waals surface area contributed by atoms with Gasteiger partial charge in [0.15, 0.2) is 0 Å². The number of carbonyl (C=O) groups excluding carboxylic acids is 1. The third kappa shape index (κ3) is 4.67. The van der Waals surface area contributed by atoms with Gasteiger partial charge in [0, 0.05) is 4.47 Å². The van der Waals surface area contributed by atoms with Crippen LogP contribution in [0.3, 0.4) is 0 Å². The first-order chi connectivity index (χ1) is 11.7. The van der Waals surface area contributed by atoms with Crippen LogP contribution in [-0.2, 0) is 14.8 Å². The molecule has 0 aliphatic heterocycles. The van der Waals surface area contributed by atoms with Gasteiger partial charge < -0.3 is 9.47 Å². The van der Waals surface area contributed by atoms with E-state index in [2.05, 4.69) is 30.1 Å². The SMILES string of the molecule is COC(=O)c1cc(Br)ccc1S(=O)(=O)Nc1ccccc1OC(F)F. The summed E-state index contributed by atoms with van der Waals surface area (Å²) < 4.78 is 61.6. The second-order valence-electron chi connectivity index (χ2n) is 4.61. The van der Waals surface area contributed by atoms with E-state index in [1.54, 1.807) is 0 Å². The summed E-state index contributed by atoms with van der Waals surface area (Å²) in [4.78, 5) is 11.5. The molecule has 0 aliphatic carbocycles. The maximum atomic E-state index is 12.6. The molecule has 0 radical (unpaired) electrons. The highest BCUT2D eigenvalue weighted by Gasteiger charge is 2.25. The molecule has 0 atom stereocenters. The quantitative estimate of drug-likeness (QED) is 0.700. The van der Waals surface area contributed by atoms with E-state index in [0.717, 1.165) is 7.11 Å². The average molecular weight is 436 g/mol. The van der Waals surface area contributed by atoms with Gasteiger partial charge in [-0.25, -0.2) is 13.2 Å². The number of hydrogen-bond donors (Lipinski definition) is 1. The first kappa shape index (κ1) is 19.1. The Morgan fingerprint density at radius 2 is 1.88 bits per heavy atom. The first-order valence-electron chi connectivity index (χ1n) is 6.69. The molecule has 0 amide bonds. The number of carbonyl (C=O) groups is 1. The van der Waals surface area contributed by atoms with Crippen LogP contribution in [0.2, 0.25) is 0 Å². The molecule has 0 spiro atoms. The standard InChI is InChI=1S/C15H12BrF2NO5S/c1-23-14(20)10-8-9(16)6-7-13(10)25(21,22)19-11-4-2-3-5-12(11)24-15(17)18/h2-8,15,19H,1H3. The summed E-state index contributed by atoms with van der Waals surface area (Å²) in [7, 11) is -3.16. The van der Waals surface area contributed by atoms with Crippen molar-refractivity contribution >= 4 is 37.6 Å². The molecule has 0 bridgehead atoms. The summed E-state index contributed by atoms with van der Waals surface area (Å²) in [6.07, 6.45) is 0. The predicted molar refractivity (Wildman–Crippen MR) is 89.4 cm³/mol. The van der Waals surface area contributed by atoms with Gasteiger partial charge in [0.1, 0.15) is 10.6 Å². The van der Waals surface area contributed by atoms with Crippen molar-refractivity contribution in [2.24, 2.45) is 0 Å². The smallest absolute Gasteiger partial charge is 0.387 e. The molecule has 0 aliphatic rings. The maximum Gasteiger partial charge on any atom is 0.387 e. The molecule has 6 nitrogen and oxygen atoms in total. The highest BCUT2D eigenvalue weighted by atomic mass is 79.9. The normalized spacial score (nSPS) is 11.2. The molecule has 0 fully saturated rings. The van der Waals surface area contributed by atoms with E-state index >= 15 is 0 Å². The van der Waals surface area contributed by atoms with Crippen molar-refractivity contribution in [2.45, 2.75) is 11.5 Å². The number of esters is 1. The fourth-order valence-electron chi connectivity index (χ4n) is 1.96. The van der Waals surface area contributed by atoms with Crippen molar-refractivity contribution in [3.63, 3.8) is 0 Å². The Balaban J connectivity index is 2.46. The second kappa shape index (κ2) is 7.79. The number of para-hydroxylation sites is 2. The van der Waals surface area contributed by atoms with Gasteiger partial charge in [-0.2, -0.15) is 8.78 Å². The lowest BCUT2D eigenvalue weighted by atomic mass is 10.2. The Kier molecular flexibility index (Phi) is 5.96. The van der Waals surface area contributed by atoms with Crippen LogP contribution in [-0.4, -0.2) is 28.1 Å². The van der Waals surface area contributed by atoms with Gasteiger partial charge in [-0.1, -0.05) is 28.1 Å². The third-order valence-electron chi connectivity index (χ3n) is 2.98. The molecule has 2 rings (SSSR count). The van der Waals surface area contributed by atoms with Gasteiger partial charge in [-0.3, -0.25) is 4.72 Å². The summed E-state index contributed by atoms with van der Waals surface area (Å²) in [5.41, 5.74) is -0.404. The molecule has 10 heteroatoms. The highest BCUT2D eigenvalue weighted by molar-refractivity contribution is 9.10. The summed E-state index contributed by atoms with van der Waals surface area (Å²) in [6.45, 7) is -3.12. The lowest BCUT2D eigenvalue weighted by molar-refractivity contribution is -0.0493. The predicted octanol–water partition coefficient (Wildman–Crippen LogP) is 3.64. The van der Waals surface area contributed by atoms with Gasteiger partial charge in [0.05, 0.1) is 18.4 Å². The number of rotatable bonds is 6. The molecule has 2 aromatic carbocycles. The topological polar surface area (TPSA) is 81.7 Å². The molecule has 0 heterocycles. The molecular formula is C15H12BrF2NO5S. The summed E-state index contributed by atoms with van der Waals surface area (Å²) in [6, 6.07) is 9.19. The Hall–Kier alpha value is -2.20. The van der Waals surface area contributed by atoms with E-state index in [-0.39, 0.29) is 21.9 Å². The highest BCUT2D eigenvalue weighted by Crippen LogP contribution is 2.29. The first-order valence-corrected chi connectivity index (χ1v) is 8.96. The van der Waals surface area contributed by atoms with Crippen LogP contribution in [0, 0.1) is 0 Å². The number of hydrogen-bond acceptors (Lipinski definition) is 5. The van der Waals surface area contributed by atoms with Crippen molar-refractivity contribution in [2.75, 3.05) is 11.8 Å². The van der Waals surface area contributed by atoms with E-state index in [1.165, 1.54) is 42.5 Å². The zero-order valence-electron chi connectivity index (χ0n) is 12.7.